The number of carbonyl (C=O) groups is 8. The average molecular weight is 1110 g/mol. The number of phenols is 2. The largest absolute Gasteiger partial charge is 0.508 e. The number of aromatic hydroxyl groups is 2. The Morgan fingerprint density at radius 3 is 1.34 bits per heavy atom. The molecule has 0 saturated heterocycles. The Kier molecular flexibility index (Phi) is 19.8. The highest BCUT2D eigenvalue weighted by atomic mass is 16.5. The fourth-order valence-corrected chi connectivity index (χ4v) is 9.48. The third kappa shape index (κ3) is 16.4. The zero-order chi connectivity index (χ0) is 58.0. The van der Waals surface area contributed by atoms with Gasteiger partial charge in [-0.2, -0.15) is 0 Å². The molecule has 1 aliphatic rings. The van der Waals surface area contributed by atoms with Gasteiger partial charge in [-0.1, -0.05) is 133 Å². The van der Waals surface area contributed by atoms with Crippen LogP contribution in [0.3, 0.4) is 0 Å². The Labute approximate surface area is 471 Å². The van der Waals surface area contributed by atoms with Crippen molar-refractivity contribution in [2.45, 2.75) is 68.2 Å². The van der Waals surface area contributed by atoms with Crippen LogP contribution in [0.4, 0.5) is 4.79 Å². The van der Waals surface area contributed by atoms with Crippen LogP contribution in [0.2, 0.25) is 0 Å². The van der Waals surface area contributed by atoms with E-state index in [0.29, 0.717) is 27.9 Å². The first-order valence-corrected chi connectivity index (χ1v) is 26.4. The zero-order valence-electron chi connectivity index (χ0n) is 44.2. The van der Waals surface area contributed by atoms with Crippen LogP contribution in [0.5, 0.6) is 11.5 Å². The maximum atomic E-state index is 14.6. The number of carboxylic acid groups (broad SMARTS) is 1. The summed E-state index contributed by atoms with van der Waals surface area (Å²) >= 11 is 0. The number of imidazole rings is 1. The lowest BCUT2D eigenvalue weighted by atomic mass is 9.98. The van der Waals surface area contributed by atoms with E-state index in [2.05, 4.69) is 47.2 Å². The van der Waals surface area contributed by atoms with E-state index in [4.69, 9.17) is 4.74 Å². The predicted octanol–water partition coefficient (Wildman–Crippen LogP) is 3.50. The zero-order valence-corrected chi connectivity index (χ0v) is 44.2. The number of aromatic amines is 1. The third-order valence-corrected chi connectivity index (χ3v) is 13.6. The number of aromatic nitrogens is 2. The molecule has 1 heterocycles. The predicted molar refractivity (Wildman–Crippen MR) is 300 cm³/mol. The molecule has 0 spiro atoms. The van der Waals surface area contributed by atoms with Gasteiger partial charge in [0.05, 0.1) is 18.6 Å². The van der Waals surface area contributed by atoms with Crippen molar-refractivity contribution in [1.82, 2.24) is 47.2 Å². The van der Waals surface area contributed by atoms with E-state index in [0.717, 1.165) is 22.3 Å². The monoisotopic (exact) mass is 1110 g/mol. The molecule has 6 aromatic carbocycles. The Hall–Kier alpha value is -10.3. The van der Waals surface area contributed by atoms with Gasteiger partial charge in [0.1, 0.15) is 54.9 Å². The van der Waals surface area contributed by atoms with Gasteiger partial charge in [-0.25, -0.2) is 14.6 Å². The molecule has 0 aliphatic heterocycles. The smallest absolute Gasteiger partial charge is 0.407 e. The summed E-state index contributed by atoms with van der Waals surface area (Å²) in [5, 5.41) is 47.9. The molecule has 0 unspecified atom stereocenters. The molecule has 7 amide bonds. The highest BCUT2D eigenvalue weighted by Crippen LogP contribution is 2.44. The van der Waals surface area contributed by atoms with E-state index >= 15 is 0 Å². The Bertz CT molecular complexity index is 3300. The normalized spacial score (nSPS) is 13.3. The van der Waals surface area contributed by atoms with Gasteiger partial charge in [-0.05, 0) is 68.8 Å². The molecule has 82 heavy (non-hydrogen) atoms. The van der Waals surface area contributed by atoms with Crippen molar-refractivity contribution in [2.24, 2.45) is 0 Å². The number of ether oxygens (including phenoxy) is 1. The van der Waals surface area contributed by atoms with Crippen molar-refractivity contribution in [2.75, 3.05) is 19.7 Å². The van der Waals surface area contributed by atoms with Crippen LogP contribution in [0.25, 0.3) is 11.1 Å². The number of alkyl carbamates (subject to hydrolysis) is 1. The lowest BCUT2D eigenvalue weighted by Crippen LogP contribution is -2.59. The molecule has 422 valence electrons. The maximum Gasteiger partial charge on any atom is 0.407 e. The summed E-state index contributed by atoms with van der Waals surface area (Å²) in [5.74, 6) is -6.58. The van der Waals surface area contributed by atoms with Crippen LogP contribution in [0.1, 0.15) is 45.0 Å². The van der Waals surface area contributed by atoms with Gasteiger partial charge in [-0.15, -0.1) is 0 Å². The minimum atomic E-state index is -1.44. The molecule has 8 rings (SSSR count). The summed E-state index contributed by atoms with van der Waals surface area (Å²) in [6.07, 6.45) is 1.38. The second-order valence-electron chi connectivity index (χ2n) is 19.5. The number of rotatable bonds is 26. The Morgan fingerprint density at radius 2 is 0.866 bits per heavy atom. The number of carboxylic acids is 1. The van der Waals surface area contributed by atoms with Gasteiger partial charge in [0, 0.05) is 44.2 Å². The molecule has 1 aliphatic carbocycles. The van der Waals surface area contributed by atoms with Crippen molar-refractivity contribution in [3.05, 3.63) is 209 Å². The van der Waals surface area contributed by atoms with Crippen LogP contribution in [0, 0.1) is 0 Å². The molecule has 0 radical (unpaired) electrons. The van der Waals surface area contributed by atoms with Crippen molar-refractivity contribution in [3.63, 3.8) is 0 Å². The van der Waals surface area contributed by atoms with Gasteiger partial charge in [-0.3, -0.25) is 28.8 Å². The van der Waals surface area contributed by atoms with Crippen molar-refractivity contribution < 1.29 is 58.4 Å². The minimum Gasteiger partial charge on any atom is -0.508 e. The third-order valence-electron chi connectivity index (χ3n) is 13.6. The average Bonchev–Trinajstić information content (AvgIpc) is 4.34. The quantitative estimate of drug-likeness (QED) is 0.0371. The number of fused-ring (bicyclic) bond motifs is 3. The van der Waals surface area contributed by atoms with E-state index < -0.39 is 90.8 Å². The molecule has 0 fully saturated rings. The van der Waals surface area contributed by atoms with Crippen molar-refractivity contribution in [3.8, 4) is 22.6 Å². The van der Waals surface area contributed by atoms with Gasteiger partial charge >= 0.3 is 12.1 Å². The number of carbonyl (C=O) groups excluding carboxylic acids is 7. The van der Waals surface area contributed by atoms with Gasteiger partial charge in [0.2, 0.25) is 35.4 Å². The van der Waals surface area contributed by atoms with E-state index in [-0.39, 0.29) is 56.1 Å². The summed E-state index contributed by atoms with van der Waals surface area (Å²) in [6.45, 7) is -1.27. The number of H-pyrrole nitrogens is 1. The maximum absolute atomic E-state index is 14.6. The Morgan fingerprint density at radius 1 is 0.463 bits per heavy atom. The summed E-state index contributed by atoms with van der Waals surface area (Å²) in [6, 6.07) is 38.0. The molecular formula is C61H61N9O12. The molecule has 5 atom stereocenters. The van der Waals surface area contributed by atoms with E-state index in [9.17, 15) is 53.7 Å². The summed E-state index contributed by atoms with van der Waals surface area (Å²) < 4.78 is 5.62. The number of amides is 7. The Balaban J connectivity index is 0.938. The minimum absolute atomic E-state index is 0.00897. The van der Waals surface area contributed by atoms with Crippen LogP contribution >= 0.6 is 0 Å². The first kappa shape index (κ1) is 57.9. The van der Waals surface area contributed by atoms with Crippen LogP contribution in [-0.2, 0) is 70.4 Å². The number of aliphatic carboxylic acids is 1. The lowest BCUT2D eigenvalue weighted by molar-refractivity contribution is -0.142. The summed E-state index contributed by atoms with van der Waals surface area (Å²) in [4.78, 5) is 116. The van der Waals surface area contributed by atoms with Gasteiger partial charge < -0.3 is 62.3 Å². The fraction of sp³-hybridized carbons (Fsp3) is 0.230. The SMILES string of the molecule is O=C(CNC(=O)[C@H](Cc1ccc(O)cc1)NC(=O)[C@H](Cc1ccccc1)NC(=O)[C@H](Cc1ccccc1)NC(=O)CNC(=O)OCC1c2ccccc2-c2ccccc21)N[C@@H](Cc1c[nH]cn1)C(=O)N[C@@H](Cc1ccc(O)cc1)C(=O)O. The molecule has 11 N–H and O–H groups in total. The number of nitrogens with zero attached hydrogens (tertiary/aromatic N) is 1. The van der Waals surface area contributed by atoms with E-state index in [1.165, 1.54) is 61.1 Å². The highest BCUT2D eigenvalue weighted by Gasteiger charge is 2.33. The summed E-state index contributed by atoms with van der Waals surface area (Å²) in [7, 11) is 0. The lowest BCUT2D eigenvalue weighted by Gasteiger charge is -2.26. The van der Waals surface area contributed by atoms with Crippen molar-refractivity contribution >= 4 is 47.5 Å². The number of phenolic OH excluding ortho intramolecular Hbond substituents is 2. The van der Waals surface area contributed by atoms with E-state index in [1.54, 1.807) is 60.7 Å². The van der Waals surface area contributed by atoms with Crippen molar-refractivity contribution in [1.29, 1.82) is 0 Å². The first-order chi connectivity index (χ1) is 39.6. The standard InChI is InChI=1S/C61H61N9O12/c71-42-23-19-39(20-24-42)29-49(56(75)63-33-54(73)67-52(31-41-32-62-36-65-41)59(78)70-53(60(79)80)30-40-21-25-43(72)26-22-40)68-58(77)51(28-38-13-5-2-6-14-38)69-57(76)50(27-37-11-3-1-4-12-37)66-55(74)34-64-61(81)82-35-48-46-17-9-7-15-44(46)45-16-8-10-18-47(45)48/h1-26,32,36,48-53,71-72H,27-31,33-35H2,(H,62,65)(H,63,75)(H,64,81)(H,66,74)(H,67,73)(H,68,77)(H,69,76)(H,70,78)(H,79,80)/t49-,50-,51-,52-,53-/m0/s1. The second kappa shape index (κ2) is 28.0. The van der Waals surface area contributed by atoms with E-state index in [1.807, 2.05) is 48.5 Å². The first-order valence-electron chi connectivity index (χ1n) is 26.4. The number of hydrogen-bond donors (Lipinski definition) is 11. The molecule has 7 aromatic rings. The molecule has 1 aromatic heterocycles. The summed E-state index contributed by atoms with van der Waals surface area (Å²) in [5.41, 5.74) is 6.74. The number of benzene rings is 6. The van der Waals surface area contributed by atoms with Gasteiger partial charge in [0.15, 0.2) is 0 Å². The molecule has 21 nitrogen and oxygen atoms in total. The molecule has 0 saturated carbocycles. The fourth-order valence-electron chi connectivity index (χ4n) is 9.48. The second-order valence-corrected chi connectivity index (χ2v) is 19.5. The topological polar surface area (TPSA) is 319 Å². The molecular weight excluding hydrogens is 1050 g/mol. The number of hydrogen-bond acceptors (Lipinski definition) is 12. The van der Waals surface area contributed by atoms with Gasteiger partial charge in [0.25, 0.3) is 0 Å². The molecule has 21 heteroatoms. The molecule has 0 bridgehead atoms. The van der Waals surface area contributed by atoms with Crippen LogP contribution in [-0.4, -0.2) is 123 Å². The highest BCUT2D eigenvalue weighted by molar-refractivity contribution is 5.96. The number of nitrogens with one attached hydrogen (secondary N) is 8. The van der Waals surface area contributed by atoms with Crippen LogP contribution in [0.15, 0.2) is 170 Å². The van der Waals surface area contributed by atoms with Crippen LogP contribution < -0.4 is 37.2 Å².